The van der Waals surface area contributed by atoms with E-state index in [9.17, 15) is 5.11 Å². The maximum Gasteiger partial charge on any atom is 0.0899 e. The van der Waals surface area contributed by atoms with Crippen LogP contribution in [0.25, 0.3) is 10.9 Å². The number of fused-ring (bicyclic) bond motifs is 1. The molecular formula is C23H21NO. The van der Waals surface area contributed by atoms with E-state index >= 15 is 0 Å². The Bertz CT molecular complexity index is 973. The van der Waals surface area contributed by atoms with Gasteiger partial charge in [-0.1, -0.05) is 72.3 Å². The number of aliphatic hydroxyl groups excluding tert-OH is 1. The average Bonchev–Trinajstić information content (AvgIpc) is 3.06. The van der Waals surface area contributed by atoms with E-state index in [0.717, 1.165) is 22.2 Å². The number of rotatable bonds is 4. The fraction of sp³-hybridized carbons (Fsp3) is 0.130. The highest BCUT2D eigenvalue weighted by Crippen LogP contribution is 2.40. The summed E-state index contributed by atoms with van der Waals surface area (Å²) in [5.41, 5.74) is 5.48. The predicted molar refractivity (Wildman–Crippen MR) is 103 cm³/mol. The standard InChI is InChI=1S/C23H21NO/c1-16-12-13-21-19(14-16)20(15-24-21)22(17-8-4-2-5-9-17)23(25)18-10-6-3-7-11-18/h2-15,22-25H,1H3/t22-,23-/m0/s1. The minimum atomic E-state index is -0.608. The second-order valence-corrected chi connectivity index (χ2v) is 6.54. The van der Waals surface area contributed by atoms with Crippen LogP contribution in [0, 0.1) is 6.92 Å². The molecule has 3 aromatic carbocycles. The molecule has 124 valence electrons. The summed E-state index contributed by atoms with van der Waals surface area (Å²) in [6, 6.07) is 26.5. The quantitative estimate of drug-likeness (QED) is 0.521. The number of benzene rings is 3. The lowest BCUT2D eigenvalue weighted by Gasteiger charge is -2.24. The van der Waals surface area contributed by atoms with E-state index in [1.807, 2.05) is 54.7 Å². The Labute approximate surface area is 147 Å². The second kappa shape index (κ2) is 6.58. The summed E-state index contributed by atoms with van der Waals surface area (Å²) < 4.78 is 0. The van der Waals surface area contributed by atoms with Gasteiger partial charge in [0.1, 0.15) is 0 Å². The Morgan fingerprint density at radius 1 is 0.800 bits per heavy atom. The van der Waals surface area contributed by atoms with Crippen LogP contribution in [-0.2, 0) is 0 Å². The van der Waals surface area contributed by atoms with Gasteiger partial charge < -0.3 is 10.1 Å². The van der Waals surface area contributed by atoms with Crippen molar-refractivity contribution in [2.75, 3.05) is 0 Å². The highest BCUT2D eigenvalue weighted by molar-refractivity contribution is 5.85. The molecule has 25 heavy (non-hydrogen) atoms. The van der Waals surface area contributed by atoms with Crippen molar-refractivity contribution >= 4 is 10.9 Å². The zero-order valence-electron chi connectivity index (χ0n) is 14.2. The predicted octanol–water partition coefficient (Wildman–Crippen LogP) is 5.34. The molecule has 0 aliphatic carbocycles. The Hall–Kier alpha value is -2.84. The van der Waals surface area contributed by atoms with Crippen molar-refractivity contribution < 1.29 is 5.11 Å². The van der Waals surface area contributed by atoms with Crippen molar-refractivity contribution in [2.45, 2.75) is 18.9 Å². The molecule has 0 unspecified atom stereocenters. The smallest absolute Gasteiger partial charge is 0.0899 e. The number of hydrogen-bond donors (Lipinski definition) is 2. The highest BCUT2D eigenvalue weighted by atomic mass is 16.3. The number of H-pyrrole nitrogens is 1. The monoisotopic (exact) mass is 327 g/mol. The summed E-state index contributed by atoms with van der Waals surface area (Å²) in [5, 5.41) is 12.4. The molecule has 4 rings (SSSR count). The first-order valence-electron chi connectivity index (χ1n) is 8.59. The zero-order valence-corrected chi connectivity index (χ0v) is 14.2. The molecule has 2 N–H and O–H groups in total. The van der Waals surface area contributed by atoms with Crippen molar-refractivity contribution in [1.29, 1.82) is 0 Å². The van der Waals surface area contributed by atoms with Crippen molar-refractivity contribution in [3.8, 4) is 0 Å². The van der Waals surface area contributed by atoms with Gasteiger partial charge in [0.25, 0.3) is 0 Å². The van der Waals surface area contributed by atoms with E-state index in [1.165, 1.54) is 10.9 Å². The molecule has 0 saturated heterocycles. The summed E-state index contributed by atoms with van der Waals surface area (Å²) >= 11 is 0. The van der Waals surface area contributed by atoms with Gasteiger partial charge in [-0.05, 0) is 35.7 Å². The summed E-state index contributed by atoms with van der Waals surface area (Å²) in [7, 11) is 0. The van der Waals surface area contributed by atoms with Crippen LogP contribution in [-0.4, -0.2) is 10.1 Å². The van der Waals surface area contributed by atoms with Crippen LogP contribution < -0.4 is 0 Å². The molecule has 0 aliphatic heterocycles. The molecule has 0 fully saturated rings. The van der Waals surface area contributed by atoms with Crippen LogP contribution in [0.5, 0.6) is 0 Å². The number of aromatic amines is 1. The third kappa shape index (κ3) is 2.97. The van der Waals surface area contributed by atoms with Gasteiger partial charge in [-0.3, -0.25) is 0 Å². The molecular weight excluding hydrogens is 306 g/mol. The molecule has 1 heterocycles. The third-order valence-corrected chi connectivity index (χ3v) is 4.82. The first-order chi connectivity index (χ1) is 12.2. The second-order valence-electron chi connectivity index (χ2n) is 6.54. The third-order valence-electron chi connectivity index (χ3n) is 4.82. The molecule has 0 aliphatic rings. The summed E-state index contributed by atoms with van der Waals surface area (Å²) in [5.74, 6) is -0.126. The molecule has 0 bridgehead atoms. The molecule has 0 spiro atoms. The molecule has 0 saturated carbocycles. The fourth-order valence-corrected chi connectivity index (χ4v) is 3.55. The number of aryl methyl sites for hydroxylation is 1. The van der Waals surface area contributed by atoms with Crippen LogP contribution in [0.15, 0.2) is 85.1 Å². The summed E-state index contributed by atoms with van der Waals surface area (Å²) in [6.45, 7) is 2.10. The molecule has 0 radical (unpaired) electrons. The molecule has 4 aromatic rings. The van der Waals surface area contributed by atoms with E-state index in [4.69, 9.17) is 0 Å². The lowest BCUT2D eigenvalue weighted by atomic mass is 9.83. The largest absolute Gasteiger partial charge is 0.387 e. The maximum atomic E-state index is 11.2. The van der Waals surface area contributed by atoms with Crippen LogP contribution >= 0.6 is 0 Å². The Kier molecular flexibility index (Phi) is 4.12. The molecule has 2 heteroatoms. The van der Waals surface area contributed by atoms with E-state index < -0.39 is 6.10 Å². The first kappa shape index (κ1) is 15.7. The van der Waals surface area contributed by atoms with Gasteiger partial charge >= 0.3 is 0 Å². The van der Waals surface area contributed by atoms with Crippen molar-refractivity contribution in [2.24, 2.45) is 0 Å². The fourth-order valence-electron chi connectivity index (χ4n) is 3.55. The zero-order chi connectivity index (χ0) is 17.2. The van der Waals surface area contributed by atoms with Crippen LogP contribution in [0.3, 0.4) is 0 Å². The van der Waals surface area contributed by atoms with Crippen molar-refractivity contribution in [1.82, 2.24) is 4.98 Å². The minimum absolute atomic E-state index is 0.126. The molecule has 2 atom stereocenters. The SMILES string of the molecule is Cc1ccc2[nH]cc([C@H](c3ccccc3)[C@@H](O)c3ccccc3)c2c1. The van der Waals surface area contributed by atoms with Crippen molar-refractivity contribution in [3.63, 3.8) is 0 Å². The van der Waals surface area contributed by atoms with Gasteiger partial charge in [-0.25, -0.2) is 0 Å². The average molecular weight is 327 g/mol. The Morgan fingerprint density at radius 2 is 1.44 bits per heavy atom. The van der Waals surface area contributed by atoms with Crippen LogP contribution in [0.4, 0.5) is 0 Å². The van der Waals surface area contributed by atoms with Gasteiger partial charge in [0.05, 0.1) is 6.10 Å². The highest BCUT2D eigenvalue weighted by Gasteiger charge is 2.26. The first-order valence-corrected chi connectivity index (χ1v) is 8.59. The number of hydrogen-bond acceptors (Lipinski definition) is 1. The van der Waals surface area contributed by atoms with E-state index in [1.54, 1.807) is 0 Å². The van der Waals surface area contributed by atoms with Crippen molar-refractivity contribution in [3.05, 3.63) is 107 Å². The summed E-state index contributed by atoms with van der Waals surface area (Å²) in [4.78, 5) is 3.36. The van der Waals surface area contributed by atoms with Crippen LogP contribution in [0.1, 0.15) is 34.3 Å². The van der Waals surface area contributed by atoms with Gasteiger partial charge in [0.2, 0.25) is 0 Å². The van der Waals surface area contributed by atoms with E-state index in [0.29, 0.717) is 0 Å². The Balaban J connectivity index is 1.90. The number of aromatic nitrogens is 1. The lowest BCUT2D eigenvalue weighted by Crippen LogP contribution is -2.12. The minimum Gasteiger partial charge on any atom is -0.387 e. The lowest BCUT2D eigenvalue weighted by molar-refractivity contribution is 0.159. The summed E-state index contributed by atoms with van der Waals surface area (Å²) in [6.07, 6.45) is 1.43. The van der Waals surface area contributed by atoms with E-state index in [-0.39, 0.29) is 5.92 Å². The van der Waals surface area contributed by atoms with Gasteiger partial charge in [0.15, 0.2) is 0 Å². The molecule has 1 aromatic heterocycles. The maximum absolute atomic E-state index is 11.2. The number of aliphatic hydroxyl groups is 1. The topological polar surface area (TPSA) is 36.0 Å². The number of nitrogens with one attached hydrogen (secondary N) is 1. The normalized spacial score (nSPS) is 13.7. The van der Waals surface area contributed by atoms with Gasteiger partial charge in [-0.15, -0.1) is 0 Å². The Morgan fingerprint density at radius 3 is 2.12 bits per heavy atom. The van der Waals surface area contributed by atoms with Crippen LogP contribution in [0.2, 0.25) is 0 Å². The van der Waals surface area contributed by atoms with Gasteiger partial charge in [-0.2, -0.15) is 0 Å². The van der Waals surface area contributed by atoms with Gasteiger partial charge in [0, 0.05) is 23.0 Å². The molecule has 2 nitrogen and oxygen atoms in total. The van der Waals surface area contributed by atoms with E-state index in [2.05, 4.69) is 42.2 Å². The molecule has 0 amide bonds.